The minimum Gasteiger partial charge on any atom is -0.408 e. The first-order valence-corrected chi connectivity index (χ1v) is 4.69. The molecule has 0 N–H and O–H groups in total. The molecule has 0 aliphatic carbocycles. The first kappa shape index (κ1) is 9.80. The average Bonchev–Trinajstić information content (AvgIpc) is 2.70. The molecule has 1 aromatic carbocycles. The van der Waals surface area contributed by atoms with Crippen LogP contribution in [0.4, 0.5) is 4.39 Å². The van der Waals surface area contributed by atoms with Gasteiger partial charge in [0.1, 0.15) is 5.82 Å². The Hall–Kier alpha value is -1.74. The molecular weight excluding hydrogens is 265 g/mol. The van der Waals surface area contributed by atoms with Gasteiger partial charge in [0.05, 0.1) is 5.56 Å². The summed E-state index contributed by atoms with van der Waals surface area (Å²) in [5.41, 5.74) is 0.420. The highest BCUT2D eigenvalue weighted by Gasteiger charge is 2.12. The lowest BCUT2D eigenvalue weighted by Crippen LogP contribution is -1.82. The molecule has 0 unspecified atom stereocenters. The molecule has 2 rings (SSSR count). The van der Waals surface area contributed by atoms with Gasteiger partial charge in [0.15, 0.2) is 6.07 Å². The molecule has 4 nitrogen and oxygen atoms in total. The number of benzene rings is 1. The van der Waals surface area contributed by atoms with Crippen molar-refractivity contribution in [2.75, 3.05) is 0 Å². The Morgan fingerprint density at radius 1 is 1.40 bits per heavy atom. The maximum absolute atomic E-state index is 12.9. The highest BCUT2D eigenvalue weighted by Crippen LogP contribution is 2.27. The smallest absolute Gasteiger partial charge is 0.321 e. The molecule has 6 heteroatoms. The molecule has 0 saturated heterocycles. The molecule has 15 heavy (non-hydrogen) atoms. The molecule has 0 spiro atoms. The van der Waals surface area contributed by atoms with Crippen LogP contribution in [0.15, 0.2) is 27.1 Å². The molecule has 0 fully saturated rings. The van der Waals surface area contributed by atoms with Gasteiger partial charge in [-0.2, -0.15) is 5.26 Å². The zero-order valence-corrected chi connectivity index (χ0v) is 8.82. The fraction of sp³-hybridized carbons (Fsp3) is 0. The lowest BCUT2D eigenvalue weighted by molar-refractivity contribution is 0.551. The highest BCUT2D eigenvalue weighted by molar-refractivity contribution is 9.10. The van der Waals surface area contributed by atoms with Crippen LogP contribution in [0.5, 0.6) is 0 Å². The van der Waals surface area contributed by atoms with Crippen LogP contribution in [0.2, 0.25) is 0 Å². The second-order valence-electron chi connectivity index (χ2n) is 2.65. The highest BCUT2D eigenvalue weighted by atomic mass is 79.9. The Morgan fingerprint density at radius 3 is 2.87 bits per heavy atom. The minimum atomic E-state index is -0.412. The van der Waals surface area contributed by atoms with Crippen molar-refractivity contribution in [3.05, 3.63) is 34.4 Å². The summed E-state index contributed by atoms with van der Waals surface area (Å²) in [6.45, 7) is 0. The summed E-state index contributed by atoms with van der Waals surface area (Å²) in [6, 6.07) is 5.78. The Labute approximate surface area is 92.5 Å². The molecule has 2 aromatic rings. The van der Waals surface area contributed by atoms with Crippen LogP contribution in [0, 0.1) is 17.1 Å². The largest absolute Gasteiger partial charge is 0.408 e. The van der Waals surface area contributed by atoms with Gasteiger partial charge in [0.2, 0.25) is 5.89 Å². The Morgan fingerprint density at radius 2 is 2.20 bits per heavy atom. The van der Waals surface area contributed by atoms with E-state index in [1.54, 1.807) is 6.07 Å². The standard InChI is InChI=1S/C9H3BrFN3O/c10-7-2-1-5(11)3-6(7)9-14-13-8(4-12)15-9/h1-3H. The third-order valence-corrected chi connectivity index (χ3v) is 2.37. The summed E-state index contributed by atoms with van der Waals surface area (Å²) < 4.78 is 18.5. The van der Waals surface area contributed by atoms with Gasteiger partial charge in [-0.05, 0) is 34.1 Å². The fourth-order valence-corrected chi connectivity index (χ4v) is 1.45. The molecule has 0 atom stereocenters. The number of hydrogen-bond donors (Lipinski definition) is 0. The molecular formula is C9H3BrFN3O. The Kier molecular flexibility index (Phi) is 2.47. The van der Waals surface area contributed by atoms with Crippen molar-refractivity contribution >= 4 is 15.9 Å². The lowest BCUT2D eigenvalue weighted by atomic mass is 10.2. The van der Waals surface area contributed by atoms with Gasteiger partial charge in [0.25, 0.3) is 0 Å². The maximum atomic E-state index is 12.9. The van der Waals surface area contributed by atoms with Crippen molar-refractivity contribution in [3.8, 4) is 17.5 Å². The van der Waals surface area contributed by atoms with Crippen LogP contribution in [-0.4, -0.2) is 10.2 Å². The van der Waals surface area contributed by atoms with E-state index in [1.165, 1.54) is 18.2 Å². The van der Waals surface area contributed by atoms with Gasteiger partial charge in [-0.1, -0.05) is 5.10 Å². The van der Waals surface area contributed by atoms with Crippen molar-refractivity contribution in [3.63, 3.8) is 0 Å². The van der Waals surface area contributed by atoms with Crippen LogP contribution < -0.4 is 0 Å². The van der Waals surface area contributed by atoms with Crippen LogP contribution in [-0.2, 0) is 0 Å². The first-order valence-electron chi connectivity index (χ1n) is 3.90. The summed E-state index contributed by atoms with van der Waals surface area (Å²) >= 11 is 3.22. The van der Waals surface area contributed by atoms with E-state index in [1.807, 2.05) is 0 Å². The van der Waals surface area contributed by atoms with Gasteiger partial charge >= 0.3 is 5.89 Å². The van der Waals surface area contributed by atoms with Crippen molar-refractivity contribution in [1.82, 2.24) is 10.2 Å². The molecule has 0 amide bonds. The third-order valence-electron chi connectivity index (χ3n) is 1.68. The average molecular weight is 268 g/mol. The van der Waals surface area contributed by atoms with E-state index in [4.69, 9.17) is 9.68 Å². The molecule has 74 valence electrons. The summed E-state index contributed by atoms with van der Waals surface area (Å²) in [4.78, 5) is 0. The zero-order valence-electron chi connectivity index (χ0n) is 7.24. The van der Waals surface area contributed by atoms with Crippen LogP contribution in [0.25, 0.3) is 11.5 Å². The topological polar surface area (TPSA) is 62.7 Å². The monoisotopic (exact) mass is 267 g/mol. The zero-order chi connectivity index (χ0) is 10.8. The van der Waals surface area contributed by atoms with Gasteiger partial charge < -0.3 is 4.42 Å². The van der Waals surface area contributed by atoms with E-state index in [9.17, 15) is 4.39 Å². The summed E-state index contributed by atoms with van der Waals surface area (Å²) in [6.07, 6.45) is 0. The van der Waals surface area contributed by atoms with Crippen LogP contribution >= 0.6 is 15.9 Å². The van der Waals surface area contributed by atoms with E-state index < -0.39 is 5.82 Å². The van der Waals surface area contributed by atoms with Gasteiger partial charge in [0, 0.05) is 4.47 Å². The number of rotatable bonds is 1. The van der Waals surface area contributed by atoms with Crippen molar-refractivity contribution in [1.29, 1.82) is 5.26 Å². The lowest BCUT2D eigenvalue weighted by Gasteiger charge is -1.97. The molecule has 0 saturated carbocycles. The van der Waals surface area contributed by atoms with Crippen molar-refractivity contribution in [2.24, 2.45) is 0 Å². The van der Waals surface area contributed by atoms with Crippen LogP contribution in [0.1, 0.15) is 5.89 Å². The van der Waals surface area contributed by atoms with E-state index in [0.717, 1.165) is 0 Å². The molecule has 1 heterocycles. The maximum Gasteiger partial charge on any atom is 0.321 e. The molecule has 0 radical (unpaired) electrons. The van der Waals surface area contributed by atoms with Gasteiger partial charge in [-0.25, -0.2) is 4.39 Å². The van der Waals surface area contributed by atoms with Gasteiger partial charge in [-0.3, -0.25) is 0 Å². The Bertz CT molecular complexity index is 547. The predicted molar refractivity (Wildman–Crippen MR) is 52.1 cm³/mol. The number of nitrogens with zero attached hydrogens (tertiary/aromatic N) is 3. The molecule has 1 aromatic heterocycles. The molecule has 0 aliphatic rings. The minimum absolute atomic E-state index is 0.109. The van der Waals surface area contributed by atoms with E-state index in [0.29, 0.717) is 10.0 Å². The van der Waals surface area contributed by atoms with E-state index >= 15 is 0 Å². The third kappa shape index (κ3) is 1.87. The molecule has 0 aliphatic heterocycles. The SMILES string of the molecule is N#Cc1nnc(-c2cc(F)ccc2Br)o1. The summed E-state index contributed by atoms with van der Waals surface area (Å²) in [5, 5.41) is 15.6. The molecule has 0 bridgehead atoms. The van der Waals surface area contributed by atoms with Crippen LogP contribution in [0.3, 0.4) is 0 Å². The number of hydrogen-bond acceptors (Lipinski definition) is 4. The van der Waals surface area contributed by atoms with Crippen molar-refractivity contribution in [2.45, 2.75) is 0 Å². The number of aromatic nitrogens is 2. The second kappa shape index (κ2) is 3.79. The predicted octanol–water partition coefficient (Wildman–Crippen LogP) is 2.51. The summed E-state index contributed by atoms with van der Waals surface area (Å²) in [7, 11) is 0. The number of nitriles is 1. The first-order chi connectivity index (χ1) is 7.20. The quantitative estimate of drug-likeness (QED) is 0.797. The Balaban J connectivity index is 2.54. The number of halogens is 2. The summed E-state index contributed by atoms with van der Waals surface area (Å²) in [5.74, 6) is -0.455. The van der Waals surface area contributed by atoms with Crippen molar-refractivity contribution < 1.29 is 8.81 Å². The van der Waals surface area contributed by atoms with E-state index in [2.05, 4.69) is 26.1 Å². The normalized spacial score (nSPS) is 9.93. The van der Waals surface area contributed by atoms with Gasteiger partial charge in [-0.15, -0.1) is 5.10 Å². The fourth-order valence-electron chi connectivity index (χ4n) is 1.04. The second-order valence-corrected chi connectivity index (χ2v) is 3.50. The van der Waals surface area contributed by atoms with E-state index in [-0.39, 0.29) is 11.8 Å².